The van der Waals surface area contributed by atoms with Crippen LogP contribution in [0.2, 0.25) is 0 Å². The lowest BCUT2D eigenvalue weighted by atomic mass is 9.95. The minimum atomic E-state index is -0.890. The molecule has 63 heavy (non-hydrogen) atoms. The highest BCUT2D eigenvalue weighted by Crippen LogP contribution is 2.29. The van der Waals surface area contributed by atoms with E-state index in [1.165, 1.54) is 6.07 Å². The standard InChI is InChI=1S/C46H62FN7O9/c1-28-26-32(15-17-33(28)29-18-22-53(23-19-29)37(49-39(56)60-43(2,3)4)50-40(57)61-44(5,6)7)48-36(55)31-14-16-34(35(47)27-31)30-20-24-54(25-21-30)38(51-41(58)62-45(8,9)10)52-42(59)63-46(11,12)13/h14-18,20,26-27H,19,21-25H2,1-13H3,(H,48,55)(H,49,50,56,57)(H,51,52,58,59). The predicted molar refractivity (Wildman–Crippen MR) is 240 cm³/mol. The van der Waals surface area contributed by atoms with E-state index in [0.29, 0.717) is 42.8 Å². The van der Waals surface area contributed by atoms with Gasteiger partial charge >= 0.3 is 24.4 Å². The molecule has 0 bridgehead atoms. The van der Waals surface area contributed by atoms with E-state index in [4.69, 9.17) is 18.9 Å². The van der Waals surface area contributed by atoms with E-state index >= 15 is 4.39 Å². The van der Waals surface area contributed by atoms with E-state index in [1.807, 2.05) is 25.1 Å². The third-order valence-corrected chi connectivity index (χ3v) is 8.83. The molecule has 4 rings (SSSR count). The smallest absolute Gasteiger partial charge is 0.437 e. The topological polar surface area (TPSA) is 190 Å². The van der Waals surface area contributed by atoms with Crippen LogP contribution in [0.4, 0.5) is 29.3 Å². The molecular weight excluding hydrogens is 814 g/mol. The zero-order valence-corrected chi connectivity index (χ0v) is 38.7. The third kappa shape index (κ3) is 16.2. The molecule has 17 heteroatoms. The number of aryl methyl sites for hydroxylation is 1. The van der Waals surface area contributed by atoms with Crippen molar-refractivity contribution in [2.75, 3.05) is 31.5 Å². The molecule has 16 nitrogen and oxygen atoms in total. The Morgan fingerprint density at radius 3 is 1.41 bits per heavy atom. The maximum atomic E-state index is 15.6. The van der Waals surface area contributed by atoms with Crippen LogP contribution in [0.25, 0.3) is 11.1 Å². The molecule has 2 aliphatic rings. The second-order valence-corrected chi connectivity index (χ2v) is 19.1. The Morgan fingerprint density at radius 1 is 0.603 bits per heavy atom. The van der Waals surface area contributed by atoms with Crippen molar-refractivity contribution in [1.29, 1.82) is 0 Å². The van der Waals surface area contributed by atoms with Gasteiger partial charge in [0, 0.05) is 43.0 Å². The fourth-order valence-electron chi connectivity index (χ4n) is 6.32. The number of benzene rings is 2. The Morgan fingerprint density at radius 2 is 1.03 bits per heavy atom. The Labute approximate surface area is 369 Å². The first-order valence-corrected chi connectivity index (χ1v) is 20.8. The van der Waals surface area contributed by atoms with Gasteiger partial charge < -0.3 is 34.1 Å². The van der Waals surface area contributed by atoms with Crippen molar-refractivity contribution in [2.24, 2.45) is 9.98 Å². The van der Waals surface area contributed by atoms with Crippen LogP contribution in [-0.2, 0) is 18.9 Å². The van der Waals surface area contributed by atoms with Crippen LogP contribution in [-0.4, -0.2) is 101 Å². The van der Waals surface area contributed by atoms with Crippen LogP contribution in [0.5, 0.6) is 0 Å². The van der Waals surface area contributed by atoms with Crippen molar-refractivity contribution in [1.82, 2.24) is 20.4 Å². The minimum absolute atomic E-state index is 0.0144. The highest BCUT2D eigenvalue weighted by molar-refractivity contribution is 6.05. The van der Waals surface area contributed by atoms with Gasteiger partial charge in [0.25, 0.3) is 5.91 Å². The molecule has 342 valence electrons. The number of guanidine groups is 2. The van der Waals surface area contributed by atoms with Gasteiger partial charge in [-0.3, -0.25) is 15.4 Å². The fourth-order valence-corrected chi connectivity index (χ4v) is 6.32. The summed E-state index contributed by atoms with van der Waals surface area (Å²) < 4.78 is 37.1. The van der Waals surface area contributed by atoms with Crippen molar-refractivity contribution in [3.63, 3.8) is 0 Å². The molecule has 0 atom stereocenters. The summed E-state index contributed by atoms with van der Waals surface area (Å²) in [5.41, 5.74) is 1.38. The number of rotatable bonds is 4. The lowest BCUT2D eigenvalue weighted by Crippen LogP contribution is -2.48. The number of aliphatic imine (C=N–C) groups is 2. The van der Waals surface area contributed by atoms with Crippen LogP contribution >= 0.6 is 0 Å². The van der Waals surface area contributed by atoms with Gasteiger partial charge in [0.15, 0.2) is 0 Å². The number of alkyl carbamates (subject to hydrolysis) is 2. The van der Waals surface area contributed by atoms with Gasteiger partial charge in [-0.05, 0) is 149 Å². The Balaban J connectivity index is 1.43. The summed E-state index contributed by atoms with van der Waals surface area (Å²) in [5, 5.41) is 8.00. The number of hydrogen-bond acceptors (Lipinski definition) is 9. The first-order chi connectivity index (χ1) is 29.0. The molecule has 2 aliphatic heterocycles. The molecule has 2 aromatic rings. The summed E-state index contributed by atoms with van der Waals surface area (Å²) in [7, 11) is 0. The third-order valence-electron chi connectivity index (χ3n) is 8.83. The van der Waals surface area contributed by atoms with Crippen LogP contribution in [0.3, 0.4) is 0 Å². The van der Waals surface area contributed by atoms with E-state index in [-0.39, 0.29) is 30.6 Å². The molecule has 5 amide bonds. The van der Waals surface area contributed by atoms with E-state index in [9.17, 15) is 24.0 Å². The molecule has 0 radical (unpaired) electrons. The monoisotopic (exact) mass is 875 g/mol. The Bertz CT molecular complexity index is 2200. The first kappa shape index (κ1) is 49.4. The van der Waals surface area contributed by atoms with Gasteiger partial charge in [0.2, 0.25) is 11.9 Å². The highest BCUT2D eigenvalue weighted by atomic mass is 19.1. The number of nitrogens with zero attached hydrogens (tertiary/aromatic N) is 4. The quantitative estimate of drug-likeness (QED) is 0.151. The zero-order valence-electron chi connectivity index (χ0n) is 38.7. The molecule has 3 N–H and O–H groups in total. The number of nitrogens with one attached hydrogen (secondary N) is 3. The molecular formula is C46H62FN7O9. The lowest BCUT2D eigenvalue weighted by molar-refractivity contribution is 0.0536. The molecule has 0 saturated heterocycles. The average Bonchev–Trinajstić information content (AvgIpc) is 3.11. The number of amides is 5. The van der Waals surface area contributed by atoms with E-state index in [0.717, 1.165) is 16.7 Å². The number of ether oxygens (including phenoxy) is 4. The zero-order chi connectivity index (χ0) is 47.1. The summed E-state index contributed by atoms with van der Waals surface area (Å²) in [6.45, 7) is 23.7. The minimum Gasteiger partial charge on any atom is -0.444 e. The molecule has 0 saturated carbocycles. The van der Waals surface area contributed by atoms with Gasteiger partial charge in [0.1, 0.15) is 28.2 Å². The van der Waals surface area contributed by atoms with Crippen molar-refractivity contribution < 1.29 is 47.3 Å². The van der Waals surface area contributed by atoms with E-state index in [2.05, 4.69) is 25.9 Å². The predicted octanol–water partition coefficient (Wildman–Crippen LogP) is 9.20. The highest BCUT2D eigenvalue weighted by Gasteiger charge is 2.27. The second kappa shape index (κ2) is 19.8. The van der Waals surface area contributed by atoms with Crippen molar-refractivity contribution in [3.8, 4) is 0 Å². The molecule has 0 fully saturated rings. The summed E-state index contributed by atoms with van der Waals surface area (Å²) in [5.74, 6) is -1.12. The van der Waals surface area contributed by atoms with Crippen LogP contribution in [0.1, 0.15) is 123 Å². The summed E-state index contributed by atoms with van der Waals surface area (Å²) in [6, 6.07) is 9.81. The van der Waals surface area contributed by atoms with E-state index < -0.39 is 58.5 Å². The van der Waals surface area contributed by atoms with Gasteiger partial charge in [-0.2, -0.15) is 0 Å². The summed E-state index contributed by atoms with van der Waals surface area (Å²) >= 11 is 0. The molecule has 2 heterocycles. The van der Waals surface area contributed by atoms with Crippen LogP contribution in [0, 0.1) is 12.7 Å². The summed E-state index contributed by atoms with van der Waals surface area (Å²) in [6.07, 6.45) is 1.36. The second-order valence-electron chi connectivity index (χ2n) is 19.1. The molecule has 2 aromatic carbocycles. The van der Waals surface area contributed by atoms with Crippen LogP contribution in [0.15, 0.2) is 58.5 Å². The maximum absolute atomic E-state index is 15.6. The molecule has 0 aliphatic carbocycles. The fraction of sp³-hybridized carbons (Fsp3) is 0.500. The number of carbonyl (C=O) groups excluding carboxylic acids is 5. The van der Waals surface area contributed by atoms with Gasteiger partial charge in [-0.15, -0.1) is 9.98 Å². The largest absolute Gasteiger partial charge is 0.444 e. The van der Waals surface area contributed by atoms with E-state index in [1.54, 1.807) is 117 Å². The molecule has 0 unspecified atom stereocenters. The van der Waals surface area contributed by atoms with Crippen molar-refractivity contribution >= 4 is 59.0 Å². The normalized spacial score (nSPS) is 15.4. The van der Waals surface area contributed by atoms with Gasteiger partial charge in [-0.25, -0.2) is 23.6 Å². The van der Waals surface area contributed by atoms with Crippen LogP contribution < -0.4 is 16.0 Å². The number of hydrogen-bond donors (Lipinski definition) is 3. The molecule has 0 spiro atoms. The first-order valence-electron chi connectivity index (χ1n) is 20.8. The number of halogens is 1. The Kier molecular flexibility index (Phi) is 15.6. The maximum Gasteiger partial charge on any atom is 0.437 e. The number of carbonyl (C=O) groups is 5. The summed E-state index contributed by atoms with van der Waals surface area (Å²) in [4.78, 5) is 75.2. The van der Waals surface area contributed by atoms with Gasteiger partial charge in [0.05, 0.1) is 0 Å². The average molecular weight is 876 g/mol. The lowest BCUT2D eigenvalue weighted by Gasteiger charge is -2.30. The van der Waals surface area contributed by atoms with Gasteiger partial charge in [-0.1, -0.05) is 24.3 Å². The SMILES string of the molecule is Cc1cc(NC(=O)c2ccc(C3=CCN(/C(=N\C(=O)OC(C)(C)C)NC(=O)OC(C)(C)C)CC3)c(F)c2)ccc1C1=CCN(/C(=N\C(=O)OC(C)(C)C)NC(=O)OC(C)(C)C)CC1. The van der Waals surface area contributed by atoms with Crippen molar-refractivity contribution in [2.45, 2.75) is 125 Å². The number of anilines is 1. The van der Waals surface area contributed by atoms with Crippen molar-refractivity contribution in [3.05, 3.63) is 76.6 Å². The molecule has 0 aromatic heterocycles. The Hall–Kier alpha value is -6.26.